The van der Waals surface area contributed by atoms with Gasteiger partial charge < -0.3 is 15.2 Å². The van der Waals surface area contributed by atoms with Crippen LogP contribution in [0.25, 0.3) is 0 Å². The molecule has 3 N–H and O–H groups in total. The first-order valence-electron chi connectivity index (χ1n) is 5.82. The van der Waals surface area contributed by atoms with Crippen LogP contribution in [0.1, 0.15) is 5.56 Å². The van der Waals surface area contributed by atoms with Crippen molar-refractivity contribution in [1.29, 1.82) is 5.41 Å². The van der Waals surface area contributed by atoms with Crippen LogP contribution in [0.5, 0.6) is 17.4 Å². The summed E-state index contributed by atoms with van der Waals surface area (Å²) in [7, 11) is 1.42. The Morgan fingerprint density at radius 3 is 2.71 bits per heavy atom. The molecule has 2 rings (SSSR count). The summed E-state index contributed by atoms with van der Waals surface area (Å²) >= 11 is 0. The molecular weight excluding hydrogens is 276 g/mol. The van der Waals surface area contributed by atoms with Crippen molar-refractivity contribution in [3.8, 4) is 17.4 Å². The molecule has 21 heavy (non-hydrogen) atoms. The summed E-state index contributed by atoms with van der Waals surface area (Å²) in [5.74, 6) is 0.505. The molecule has 2 aromatic rings. The number of hydrogen-bond donors (Lipinski definition) is 2. The minimum absolute atomic E-state index is 0.131. The molecule has 0 saturated carbocycles. The highest BCUT2D eigenvalue weighted by atomic mass is 16.6. The summed E-state index contributed by atoms with van der Waals surface area (Å²) < 4.78 is 10.6. The number of nitrogens with zero attached hydrogens (tertiary/aromatic N) is 2. The van der Waals surface area contributed by atoms with Crippen molar-refractivity contribution in [3.63, 3.8) is 0 Å². The molecule has 1 aromatic heterocycles. The van der Waals surface area contributed by atoms with Crippen LogP contribution < -0.4 is 15.2 Å². The SMILES string of the molecule is COc1ccc([N+](=O)[O-])cc1Oc1cc(C(=N)N)ccn1. The number of non-ortho nitro benzene ring substituents is 1. The van der Waals surface area contributed by atoms with Gasteiger partial charge in [-0.15, -0.1) is 0 Å². The fraction of sp³-hybridized carbons (Fsp3) is 0.0769. The number of nitrogens with two attached hydrogens (primary N) is 1. The lowest BCUT2D eigenvalue weighted by atomic mass is 10.2. The number of nitrogen functional groups attached to an aromatic ring is 1. The zero-order valence-electron chi connectivity index (χ0n) is 11.1. The predicted molar refractivity (Wildman–Crippen MR) is 75.0 cm³/mol. The molecule has 1 aromatic carbocycles. The van der Waals surface area contributed by atoms with Gasteiger partial charge in [-0.25, -0.2) is 4.98 Å². The summed E-state index contributed by atoms with van der Waals surface area (Å²) in [5, 5.41) is 18.2. The van der Waals surface area contributed by atoms with E-state index in [9.17, 15) is 10.1 Å². The Hall–Kier alpha value is -3.16. The first-order chi connectivity index (χ1) is 10.0. The lowest BCUT2D eigenvalue weighted by Crippen LogP contribution is -2.11. The van der Waals surface area contributed by atoms with E-state index in [1.807, 2.05) is 0 Å². The Kier molecular flexibility index (Phi) is 3.98. The Morgan fingerprint density at radius 1 is 1.33 bits per heavy atom. The summed E-state index contributed by atoms with van der Waals surface area (Å²) in [6, 6.07) is 6.99. The first kappa shape index (κ1) is 14.3. The number of benzene rings is 1. The van der Waals surface area contributed by atoms with Gasteiger partial charge in [0.15, 0.2) is 11.5 Å². The van der Waals surface area contributed by atoms with E-state index in [1.165, 1.54) is 37.6 Å². The average molecular weight is 288 g/mol. The fourth-order valence-corrected chi connectivity index (χ4v) is 1.60. The van der Waals surface area contributed by atoms with E-state index in [0.717, 1.165) is 0 Å². The third-order valence-corrected chi connectivity index (χ3v) is 2.62. The van der Waals surface area contributed by atoms with Gasteiger partial charge in [-0.05, 0) is 12.1 Å². The molecule has 0 aliphatic heterocycles. The molecule has 0 bridgehead atoms. The van der Waals surface area contributed by atoms with E-state index in [-0.39, 0.29) is 23.2 Å². The van der Waals surface area contributed by atoms with Crippen LogP contribution in [0.4, 0.5) is 5.69 Å². The van der Waals surface area contributed by atoms with Crippen LogP contribution in [0.2, 0.25) is 0 Å². The molecule has 0 aliphatic rings. The molecule has 0 fully saturated rings. The largest absolute Gasteiger partial charge is 0.493 e. The summed E-state index contributed by atoms with van der Waals surface area (Å²) in [4.78, 5) is 14.2. The van der Waals surface area contributed by atoms with E-state index in [0.29, 0.717) is 11.3 Å². The van der Waals surface area contributed by atoms with Crippen molar-refractivity contribution in [3.05, 3.63) is 52.2 Å². The minimum atomic E-state index is -0.536. The van der Waals surface area contributed by atoms with Gasteiger partial charge in [0.05, 0.1) is 18.1 Å². The third kappa shape index (κ3) is 3.24. The zero-order valence-corrected chi connectivity index (χ0v) is 11.1. The topological polar surface area (TPSA) is 124 Å². The highest BCUT2D eigenvalue weighted by molar-refractivity contribution is 5.95. The molecule has 0 atom stereocenters. The van der Waals surface area contributed by atoms with Crippen LogP contribution in [0, 0.1) is 15.5 Å². The second kappa shape index (κ2) is 5.87. The van der Waals surface area contributed by atoms with Gasteiger partial charge in [0.2, 0.25) is 5.88 Å². The quantitative estimate of drug-likeness (QED) is 0.375. The Morgan fingerprint density at radius 2 is 2.10 bits per heavy atom. The lowest BCUT2D eigenvalue weighted by molar-refractivity contribution is -0.384. The summed E-state index contributed by atoms with van der Waals surface area (Å²) in [6.45, 7) is 0. The van der Waals surface area contributed by atoms with Crippen molar-refractivity contribution < 1.29 is 14.4 Å². The summed E-state index contributed by atoms with van der Waals surface area (Å²) in [6.07, 6.45) is 1.43. The number of methoxy groups -OCH3 is 1. The van der Waals surface area contributed by atoms with Crippen LogP contribution in [-0.2, 0) is 0 Å². The first-order valence-corrected chi connectivity index (χ1v) is 5.82. The molecule has 0 saturated heterocycles. The second-order valence-electron chi connectivity index (χ2n) is 3.99. The number of nitro benzene ring substituents is 1. The van der Waals surface area contributed by atoms with Crippen LogP contribution in [0.3, 0.4) is 0 Å². The molecule has 8 nitrogen and oxygen atoms in total. The minimum Gasteiger partial charge on any atom is -0.493 e. The number of ether oxygens (including phenoxy) is 2. The van der Waals surface area contributed by atoms with Crippen molar-refractivity contribution in [2.24, 2.45) is 5.73 Å². The number of hydrogen-bond acceptors (Lipinski definition) is 6. The maximum atomic E-state index is 10.8. The molecule has 0 spiro atoms. The van der Waals surface area contributed by atoms with E-state index in [1.54, 1.807) is 6.07 Å². The van der Waals surface area contributed by atoms with Crippen molar-refractivity contribution in [2.45, 2.75) is 0 Å². The third-order valence-electron chi connectivity index (χ3n) is 2.62. The number of pyridine rings is 1. The van der Waals surface area contributed by atoms with Gasteiger partial charge >= 0.3 is 0 Å². The Bertz CT molecular complexity index is 702. The van der Waals surface area contributed by atoms with Gasteiger partial charge in [0, 0.05) is 23.9 Å². The number of amidine groups is 1. The van der Waals surface area contributed by atoms with E-state index in [2.05, 4.69) is 4.98 Å². The van der Waals surface area contributed by atoms with Gasteiger partial charge in [0.25, 0.3) is 5.69 Å². The van der Waals surface area contributed by atoms with Crippen LogP contribution >= 0.6 is 0 Å². The molecule has 1 heterocycles. The molecule has 0 aliphatic carbocycles. The van der Waals surface area contributed by atoms with Crippen LogP contribution in [-0.4, -0.2) is 22.9 Å². The van der Waals surface area contributed by atoms with Gasteiger partial charge in [-0.3, -0.25) is 15.5 Å². The Labute approximate surface area is 119 Å². The fourth-order valence-electron chi connectivity index (χ4n) is 1.60. The molecular formula is C13H12N4O4. The van der Waals surface area contributed by atoms with Crippen molar-refractivity contribution >= 4 is 11.5 Å². The number of aromatic nitrogens is 1. The molecule has 0 unspecified atom stereocenters. The number of rotatable bonds is 5. The van der Waals surface area contributed by atoms with Crippen LogP contribution in [0.15, 0.2) is 36.5 Å². The molecule has 8 heteroatoms. The highest BCUT2D eigenvalue weighted by Crippen LogP contribution is 2.34. The highest BCUT2D eigenvalue weighted by Gasteiger charge is 2.14. The molecule has 0 amide bonds. The smallest absolute Gasteiger partial charge is 0.273 e. The van der Waals surface area contributed by atoms with Gasteiger partial charge in [-0.1, -0.05) is 0 Å². The average Bonchev–Trinajstić information content (AvgIpc) is 2.47. The maximum Gasteiger partial charge on any atom is 0.273 e. The normalized spacial score (nSPS) is 9.95. The standard InChI is InChI=1S/C13H12N4O4/c1-20-10-3-2-9(17(18)19)7-11(10)21-12-6-8(13(14)15)4-5-16-12/h2-7H,1H3,(H3,14,15). The molecule has 0 radical (unpaired) electrons. The van der Waals surface area contributed by atoms with E-state index < -0.39 is 4.92 Å². The van der Waals surface area contributed by atoms with E-state index in [4.69, 9.17) is 20.6 Å². The maximum absolute atomic E-state index is 10.8. The lowest BCUT2D eigenvalue weighted by Gasteiger charge is -2.09. The van der Waals surface area contributed by atoms with Crippen molar-refractivity contribution in [1.82, 2.24) is 4.98 Å². The van der Waals surface area contributed by atoms with Crippen molar-refractivity contribution in [2.75, 3.05) is 7.11 Å². The van der Waals surface area contributed by atoms with Gasteiger partial charge in [0.1, 0.15) is 5.84 Å². The second-order valence-corrected chi connectivity index (χ2v) is 3.99. The molecule has 108 valence electrons. The Balaban J connectivity index is 2.37. The summed E-state index contributed by atoms with van der Waals surface area (Å²) in [5.41, 5.74) is 5.69. The van der Waals surface area contributed by atoms with E-state index >= 15 is 0 Å². The zero-order chi connectivity index (χ0) is 15.4. The number of nitro groups is 1. The number of nitrogens with one attached hydrogen (secondary N) is 1. The predicted octanol–water partition coefficient (Wildman–Crippen LogP) is 2.07. The monoisotopic (exact) mass is 288 g/mol. The van der Waals surface area contributed by atoms with Gasteiger partial charge in [-0.2, -0.15) is 0 Å².